The van der Waals surface area contributed by atoms with Gasteiger partial charge in [0, 0.05) is 19.3 Å². The smallest absolute Gasteiger partial charge is 0.335 e. The molecular weight excluding hydrogens is 877 g/mol. The van der Waals surface area contributed by atoms with Crippen molar-refractivity contribution in [2.75, 3.05) is 13.2 Å². The van der Waals surface area contributed by atoms with Crippen LogP contribution in [0.3, 0.4) is 0 Å². The summed E-state index contributed by atoms with van der Waals surface area (Å²) in [6.07, 6.45) is 40.9. The second-order valence-corrected chi connectivity index (χ2v) is 18.9. The molecule has 1 aliphatic heterocycles. The highest BCUT2D eigenvalue weighted by molar-refractivity contribution is 5.74. The topological polar surface area (TPSA) is 175 Å². The van der Waals surface area contributed by atoms with E-state index in [0.29, 0.717) is 19.3 Å². The van der Waals surface area contributed by atoms with Crippen molar-refractivity contribution in [3.8, 4) is 0 Å². The van der Waals surface area contributed by atoms with Crippen molar-refractivity contribution in [1.82, 2.24) is 0 Å². The molecule has 0 radical (unpaired) electrons. The van der Waals surface area contributed by atoms with Gasteiger partial charge in [-0.3, -0.25) is 14.4 Å². The third-order valence-corrected chi connectivity index (χ3v) is 12.4. The van der Waals surface area contributed by atoms with Gasteiger partial charge in [0.25, 0.3) is 0 Å². The van der Waals surface area contributed by atoms with Crippen molar-refractivity contribution in [1.29, 1.82) is 0 Å². The fourth-order valence-electron chi connectivity index (χ4n) is 8.07. The van der Waals surface area contributed by atoms with E-state index in [4.69, 9.17) is 23.7 Å². The Bertz CT molecular complexity index is 1390. The van der Waals surface area contributed by atoms with Crippen molar-refractivity contribution >= 4 is 23.9 Å². The van der Waals surface area contributed by atoms with Crippen LogP contribution < -0.4 is 0 Å². The number of carbonyl (C=O) groups is 4. The Hall–Kier alpha value is -3.32. The normalized spacial score (nSPS) is 19.0. The zero-order valence-corrected chi connectivity index (χ0v) is 43.6. The zero-order valence-electron chi connectivity index (χ0n) is 43.6. The van der Waals surface area contributed by atoms with E-state index in [-0.39, 0.29) is 25.9 Å². The van der Waals surface area contributed by atoms with E-state index in [1.807, 2.05) is 0 Å². The highest BCUT2D eigenvalue weighted by atomic mass is 16.7. The minimum absolute atomic E-state index is 0.0443. The van der Waals surface area contributed by atoms with Gasteiger partial charge >= 0.3 is 23.9 Å². The fourth-order valence-corrected chi connectivity index (χ4v) is 8.07. The van der Waals surface area contributed by atoms with Crippen LogP contribution in [-0.4, -0.2) is 89.2 Å². The molecule has 3 N–H and O–H groups in total. The molecule has 1 heterocycles. The minimum atomic E-state index is -1.91. The number of aliphatic hydroxyl groups is 2. The second-order valence-electron chi connectivity index (χ2n) is 18.9. The number of rotatable bonds is 46. The average molecular weight is 975 g/mol. The van der Waals surface area contributed by atoms with Crippen LogP contribution in [0.1, 0.15) is 239 Å². The number of carboxylic acid groups (broad SMARTS) is 1. The quantitative estimate of drug-likeness (QED) is 0.0228. The molecule has 1 aliphatic rings. The summed E-state index contributed by atoms with van der Waals surface area (Å²) in [7, 11) is 0. The zero-order chi connectivity index (χ0) is 50.4. The Morgan fingerprint density at radius 3 is 1.33 bits per heavy atom. The molecule has 1 fully saturated rings. The Kier molecular flexibility index (Phi) is 42.3. The SMILES string of the molecule is CCCCC/C=C\C/C=C\CCCCCCCC(=O)OCC(COC1OC(C(=O)O)C(O)C(O)C1OC(=O)CCCCCCC/C=C\C/C=C\CCCCC)OC(=O)CCCCCCCCCCC. The van der Waals surface area contributed by atoms with Gasteiger partial charge in [-0.15, -0.1) is 0 Å². The third-order valence-electron chi connectivity index (χ3n) is 12.4. The maximum absolute atomic E-state index is 13.0. The summed E-state index contributed by atoms with van der Waals surface area (Å²) < 4.78 is 28.3. The predicted molar refractivity (Wildman–Crippen MR) is 276 cm³/mol. The van der Waals surface area contributed by atoms with E-state index in [9.17, 15) is 34.5 Å². The molecule has 0 bridgehead atoms. The summed E-state index contributed by atoms with van der Waals surface area (Å²) in [6.45, 7) is 5.88. The number of unbranched alkanes of at least 4 members (excludes halogenated alkanes) is 24. The van der Waals surface area contributed by atoms with E-state index >= 15 is 0 Å². The molecule has 0 spiro atoms. The lowest BCUT2D eigenvalue weighted by atomic mass is 9.98. The third kappa shape index (κ3) is 36.3. The van der Waals surface area contributed by atoms with Gasteiger partial charge in [-0.2, -0.15) is 0 Å². The number of carbonyl (C=O) groups excluding carboxylic acids is 3. The molecule has 0 aromatic carbocycles. The molecule has 398 valence electrons. The van der Waals surface area contributed by atoms with Crippen LogP contribution >= 0.6 is 0 Å². The molecule has 0 aliphatic carbocycles. The summed E-state index contributed by atoms with van der Waals surface area (Å²) >= 11 is 0. The Labute approximate surface area is 418 Å². The number of carboxylic acids is 1. The lowest BCUT2D eigenvalue weighted by Crippen LogP contribution is -2.61. The van der Waals surface area contributed by atoms with Gasteiger partial charge in [0.2, 0.25) is 0 Å². The van der Waals surface area contributed by atoms with Crippen molar-refractivity contribution in [3.63, 3.8) is 0 Å². The van der Waals surface area contributed by atoms with Crippen LogP contribution in [0.25, 0.3) is 0 Å². The van der Waals surface area contributed by atoms with Crippen LogP contribution in [0, 0.1) is 0 Å². The highest BCUT2D eigenvalue weighted by Crippen LogP contribution is 2.26. The van der Waals surface area contributed by atoms with E-state index in [1.165, 1.54) is 70.6 Å². The largest absolute Gasteiger partial charge is 0.479 e. The predicted octanol–water partition coefficient (Wildman–Crippen LogP) is 13.4. The first-order valence-electron chi connectivity index (χ1n) is 27.6. The van der Waals surface area contributed by atoms with Gasteiger partial charge in [-0.25, -0.2) is 4.79 Å². The number of hydrogen-bond acceptors (Lipinski definition) is 11. The molecule has 69 heavy (non-hydrogen) atoms. The van der Waals surface area contributed by atoms with Crippen LogP contribution in [-0.2, 0) is 42.9 Å². The molecule has 0 aromatic heterocycles. The van der Waals surface area contributed by atoms with E-state index in [2.05, 4.69) is 69.4 Å². The molecule has 6 atom stereocenters. The maximum Gasteiger partial charge on any atom is 0.335 e. The average Bonchev–Trinajstić information content (AvgIpc) is 3.33. The van der Waals surface area contributed by atoms with Crippen molar-refractivity contribution in [2.24, 2.45) is 0 Å². The number of esters is 3. The van der Waals surface area contributed by atoms with Gasteiger partial charge in [-0.1, -0.05) is 185 Å². The standard InChI is InChI=1S/C57H98O12/c1-4-7-10-13-16-19-21-23-25-27-29-32-34-37-40-43-49(58)65-46-48(67-50(59)44-41-38-35-31-18-15-12-9-6-3)47-66-57-55(53(62)52(61)54(69-57)56(63)64)68-51(60)45-42-39-36-33-30-28-26-24-22-20-17-14-11-8-5-2/h16-17,19-20,23-26,48,52-55,57,61-62H,4-15,18,21-22,27-47H2,1-3H3,(H,63,64)/b19-16-,20-17-,25-23-,26-24-. The maximum atomic E-state index is 13.0. The van der Waals surface area contributed by atoms with E-state index in [0.717, 1.165) is 109 Å². The number of allylic oxidation sites excluding steroid dienone is 8. The molecular formula is C57H98O12. The summed E-state index contributed by atoms with van der Waals surface area (Å²) in [6, 6.07) is 0. The van der Waals surface area contributed by atoms with Gasteiger partial charge in [-0.05, 0) is 83.5 Å². The summed E-state index contributed by atoms with van der Waals surface area (Å²) in [5, 5.41) is 31.4. The Morgan fingerprint density at radius 2 is 0.870 bits per heavy atom. The first-order valence-corrected chi connectivity index (χ1v) is 27.6. The van der Waals surface area contributed by atoms with E-state index < -0.39 is 67.3 Å². The second kappa shape index (κ2) is 45.8. The Morgan fingerprint density at radius 1 is 0.478 bits per heavy atom. The molecule has 1 rings (SSSR count). The van der Waals surface area contributed by atoms with Crippen molar-refractivity contribution < 1.29 is 58.2 Å². The van der Waals surface area contributed by atoms with Gasteiger partial charge in [0.1, 0.15) is 18.8 Å². The van der Waals surface area contributed by atoms with Crippen LogP contribution in [0.2, 0.25) is 0 Å². The monoisotopic (exact) mass is 975 g/mol. The van der Waals surface area contributed by atoms with Gasteiger partial charge in [0.05, 0.1) is 6.61 Å². The fraction of sp³-hybridized carbons (Fsp3) is 0.789. The molecule has 1 saturated heterocycles. The number of aliphatic hydroxyl groups excluding tert-OH is 2. The summed E-state index contributed by atoms with van der Waals surface area (Å²) in [4.78, 5) is 50.8. The first kappa shape index (κ1) is 63.7. The molecule has 12 nitrogen and oxygen atoms in total. The first-order chi connectivity index (χ1) is 33.6. The number of ether oxygens (including phenoxy) is 5. The van der Waals surface area contributed by atoms with Gasteiger partial charge < -0.3 is 39.0 Å². The summed E-state index contributed by atoms with van der Waals surface area (Å²) in [5.41, 5.74) is 0. The van der Waals surface area contributed by atoms with Crippen molar-refractivity contribution in [2.45, 2.75) is 276 Å². The van der Waals surface area contributed by atoms with E-state index in [1.54, 1.807) is 0 Å². The highest BCUT2D eigenvalue weighted by Gasteiger charge is 2.50. The minimum Gasteiger partial charge on any atom is -0.479 e. The molecule has 0 aromatic rings. The summed E-state index contributed by atoms with van der Waals surface area (Å²) in [5.74, 6) is -3.15. The van der Waals surface area contributed by atoms with Gasteiger partial charge in [0.15, 0.2) is 24.6 Å². The van der Waals surface area contributed by atoms with Crippen LogP contribution in [0.4, 0.5) is 0 Å². The lowest BCUT2D eigenvalue weighted by molar-refractivity contribution is -0.301. The Balaban J connectivity index is 2.70. The molecule has 6 unspecified atom stereocenters. The lowest BCUT2D eigenvalue weighted by Gasteiger charge is -2.40. The number of hydrogen-bond donors (Lipinski definition) is 3. The van der Waals surface area contributed by atoms with Crippen molar-refractivity contribution in [3.05, 3.63) is 48.6 Å². The van der Waals surface area contributed by atoms with Crippen LogP contribution in [0.5, 0.6) is 0 Å². The van der Waals surface area contributed by atoms with Crippen LogP contribution in [0.15, 0.2) is 48.6 Å². The molecule has 0 amide bonds. The molecule has 0 saturated carbocycles. The number of aliphatic carboxylic acids is 1. The molecule has 12 heteroatoms.